The fourth-order valence-electron chi connectivity index (χ4n) is 5.10. The van der Waals surface area contributed by atoms with E-state index in [1.165, 1.54) is 59.5 Å². The second-order valence-corrected chi connectivity index (χ2v) is 10.2. The number of halogens is 1. The van der Waals surface area contributed by atoms with Gasteiger partial charge in [0.1, 0.15) is 0 Å². The zero-order chi connectivity index (χ0) is 22.6. The van der Waals surface area contributed by atoms with Crippen LogP contribution in [-0.2, 0) is 6.42 Å². The molecule has 0 spiro atoms. The van der Waals surface area contributed by atoms with E-state index in [9.17, 15) is 0 Å². The second kappa shape index (κ2) is 7.80. The Morgan fingerprint density at radius 2 is 1.38 bits per heavy atom. The van der Waals surface area contributed by atoms with Crippen molar-refractivity contribution in [3.8, 4) is 16.8 Å². The quantitative estimate of drug-likeness (QED) is 0.242. The average molecular weight is 474 g/mol. The molecule has 0 atom stereocenters. The van der Waals surface area contributed by atoms with Crippen LogP contribution in [0.15, 0.2) is 119 Å². The maximum absolute atomic E-state index is 6.47. The fraction of sp³-hybridized carbons (Fsp3) is 0.0323. The predicted molar refractivity (Wildman–Crippen MR) is 145 cm³/mol. The Labute approximate surface area is 207 Å². The van der Waals surface area contributed by atoms with Crippen molar-refractivity contribution in [1.82, 2.24) is 4.57 Å². The molecule has 7 rings (SSSR count). The minimum atomic E-state index is 0.861. The zero-order valence-electron chi connectivity index (χ0n) is 18.3. The van der Waals surface area contributed by atoms with E-state index in [0.29, 0.717) is 0 Å². The van der Waals surface area contributed by atoms with E-state index in [1.54, 1.807) is 0 Å². The van der Waals surface area contributed by atoms with Crippen molar-refractivity contribution in [2.24, 2.45) is 0 Å². The lowest BCUT2D eigenvalue weighted by Gasteiger charge is -2.20. The molecule has 0 saturated heterocycles. The van der Waals surface area contributed by atoms with Crippen molar-refractivity contribution in [3.05, 3.63) is 125 Å². The van der Waals surface area contributed by atoms with E-state index in [-0.39, 0.29) is 0 Å². The van der Waals surface area contributed by atoms with E-state index in [2.05, 4.69) is 102 Å². The van der Waals surface area contributed by atoms with Crippen LogP contribution >= 0.6 is 23.4 Å². The number of fused-ring (bicyclic) bond motifs is 5. The average Bonchev–Trinajstić information content (AvgIpc) is 3.22. The standard InChI is InChI=1S/C31H20ClNS/c32-27-10-6-12-30-26(27)18-22-14-13-21(19-31(22)34-30)20-15-16-29-25(17-20)24-9-4-5-11-28(24)33(29)23-7-2-1-3-8-23/h1-17,19H,18H2. The highest BCUT2D eigenvalue weighted by atomic mass is 35.5. The van der Waals surface area contributed by atoms with Gasteiger partial charge in [0.05, 0.1) is 11.0 Å². The van der Waals surface area contributed by atoms with E-state index in [4.69, 9.17) is 11.6 Å². The van der Waals surface area contributed by atoms with Crippen molar-refractivity contribution in [2.45, 2.75) is 16.2 Å². The number of hydrogen-bond acceptors (Lipinski definition) is 1. The van der Waals surface area contributed by atoms with Crippen LogP contribution in [0.1, 0.15) is 11.1 Å². The van der Waals surface area contributed by atoms with Crippen LogP contribution in [0.4, 0.5) is 0 Å². The lowest BCUT2D eigenvalue weighted by Crippen LogP contribution is -2.00. The molecule has 1 aliphatic heterocycles. The van der Waals surface area contributed by atoms with Gasteiger partial charge in [-0.25, -0.2) is 0 Å². The summed E-state index contributed by atoms with van der Waals surface area (Å²) in [4.78, 5) is 2.58. The first-order chi connectivity index (χ1) is 16.8. The molecule has 0 unspecified atom stereocenters. The van der Waals surface area contributed by atoms with Crippen LogP contribution in [-0.4, -0.2) is 4.57 Å². The first-order valence-corrected chi connectivity index (χ1v) is 12.6. The largest absolute Gasteiger partial charge is 0.309 e. The lowest BCUT2D eigenvalue weighted by molar-refractivity contribution is 1.06. The summed E-state index contributed by atoms with van der Waals surface area (Å²) in [6, 6.07) is 39.2. The van der Waals surface area contributed by atoms with Crippen LogP contribution in [0.2, 0.25) is 5.02 Å². The third-order valence-electron chi connectivity index (χ3n) is 6.75. The van der Waals surface area contributed by atoms with Crippen LogP contribution in [0.5, 0.6) is 0 Å². The molecule has 1 aromatic heterocycles. The van der Waals surface area contributed by atoms with Crippen molar-refractivity contribution in [2.75, 3.05) is 0 Å². The Balaban J connectivity index is 1.37. The van der Waals surface area contributed by atoms with Gasteiger partial charge in [-0.15, -0.1) is 0 Å². The van der Waals surface area contributed by atoms with Crippen molar-refractivity contribution in [3.63, 3.8) is 0 Å². The summed E-state index contributed by atoms with van der Waals surface area (Å²) in [5.41, 5.74) is 8.71. The van der Waals surface area contributed by atoms with Gasteiger partial charge in [0.2, 0.25) is 0 Å². The molecule has 162 valence electrons. The molecular formula is C31H20ClNS. The second-order valence-electron chi connectivity index (χ2n) is 8.74. The van der Waals surface area contributed by atoms with Gasteiger partial charge in [-0.05, 0) is 70.8 Å². The molecule has 0 amide bonds. The molecule has 0 aliphatic carbocycles. The third-order valence-corrected chi connectivity index (χ3v) is 8.31. The Bertz CT molecular complexity index is 1720. The summed E-state index contributed by atoms with van der Waals surface area (Å²) >= 11 is 8.29. The summed E-state index contributed by atoms with van der Waals surface area (Å²) in [6.07, 6.45) is 0.890. The highest BCUT2D eigenvalue weighted by Crippen LogP contribution is 2.44. The van der Waals surface area contributed by atoms with Crippen LogP contribution in [0, 0.1) is 0 Å². The molecular weight excluding hydrogens is 454 g/mol. The molecule has 3 heteroatoms. The normalized spacial score (nSPS) is 12.6. The van der Waals surface area contributed by atoms with Gasteiger partial charge in [0, 0.05) is 37.7 Å². The minimum Gasteiger partial charge on any atom is -0.309 e. The summed E-state index contributed by atoms with van der Waals surface area (Å²) in [7, 11) is 0. The highest BCUT2D eigenvalue weighted by molar-refractivity contribution is 7.99. The van der Waals surface area contributed by atoms with Gasteiger partial charge in [-0.2, -0.15) is 0 Å². The van der Waals surface area contributed by atoms with Crippen LogP contribution in [0.3, 0.4) is 0 Å². The smallest absolute Gasteiger partial charge is 0.0541 e. The number of aromatic nitrogens is 1. The fourth-order valence-corrected chi connectivity index (χ4v) is 6.54. The van der Waals surface area contributed by atoms with Crippen LogP contribution in [0.25, 0.3) is 38.6 Å². The van der Waals surface area contributed by atoms with Gasteiger partial charge in [0.25, 0.3) is 0 Å². The molecule has 0 radical (unpaired) electrons. The Morgan fingerprint density at radius 3 is 2.29 bits per heavy atom. The van der Waals surface area contributed by atoms with E-state index < -0.39 is 0 Å². The zero-order valence-corrected chi connectivity index (χ0v) is 19.9. The molecule has 0 fully saturated rings. The molecule has 0 N–H and O–H groups in total. The molecule has 0 bridgehead atoms. The molecule has 6 aromatic rings. The van der Waals surface area contributed by atoms with Crippen molar-refractivity contribution < 1.29 is 0 Å². The number of nitrogens with zero attached hydrogens (tertiary/aromatic N) is 1. The minimum absolute atomic E-state index is 0.861. The maximum atomic E-state index is 6.47. The van der Waals surface area contributed by atoms with Gasteiger partial charge in [0.15, 0.2) is 0 Å². The SMILES string of the molecule is Clc1cccc2c1Cc1ccc(-c3ccc4c(c3)c3ccccc3n4-c3ccccc3)cc1S2. The number of para-hydroxylation sites is 2. The molecule has 34 heavy (non-hydrogen) atoms. The first-order valence-electron chi connectivity index (χ1n) is 11.4. The van der Waals surface area contributed by atoms with Crippen molar-refractivity contribution in [1.29, 1.82) is 0 Å². The van der Waals surface area contributed by atoms with E-state index >= 15 is 0 Å². The predicted octanol–water partition coefficient (Wildman–Crippen LogP) is 9.16. The van der Waals surface area contributed by atoms with Gasteiger partial charge < -0.3 is 4.57 Å². The number of rotatable bonds is 2. The molecule has 0 saturated carbocycles. The number of hydrogen-bond donors (Lipinski definition) is 0. The third kappa shape index (κ3) is 3.10. The first kappa shape index (κ1) is 20.0. The number of benzene rings is 5. The summed E-state index contributed by atoms with van der Waals surface area (Å²) in [6.45, 7) is 0. The van der Waals surface area contributed by atoms with Gasteiger partial charge in [-0.1, -0.05) is 84.0 Å². The monoisotopic (exact) mass is 473 g/mol. The van der Waals surface area contributed by atoms with Crippen molar-refractivity contribution >= 4 is 45.2 Å². The van der Waals surface area contributed by atoms with E-state index in [0.717, 1.165) is 11.4 Å². The Hall–Kier alpha value is -3.46. The molecule has 5 aromatic carbocycles. The molecule has 2 heterocycles. The highest BCUT2D eigenvalue weighted by Gasteiger charge is 2.19. The van der Waals surface area contributed by atoms with Gasteiger partial charge >= 0.3 is 0 Å². The summed E-state index contributed by atoms with van der Waals surface area (Å²) in [5.74, 6) is 0. The Morgan fingerprint density at radius 1 is 0.618 bits per heavy atom. The van der Waals surface area contributed by atoms with E-state index in [1.807, 2.05) is 23.9 Å². The molecule has 1 aliphatic rings. The maximum Gasteiger partial charge on any atom is 0.0541 e. The topological polar surface area (TPSA) is 4.93 Å². The van der Waals surface area contributed by atoms with Crippen LogP contribution < -0.4 is 0 Å². The Kier molecular flexibility index (Phi) is 4.58. The lowest BCUT2D eigenvalue weighted by atomic mass is 9.98. The summed E-state index contributed by atoms with van der Waals surface area (Å²) in [5, 5.41) is 3.42. The summed E-state index contributed by atoms with van der Waals surface area (Å²) < 4.78 is 2.36. The van der Waals surface area contributed by atoms with Gasteiger partial charge in [-0.3, -0.25) is 0 Å². The molecule has 1 nitrogen and oxygen atoms in total.